The standard InChI is InChI=1S/C21H18ClN5O4/c1-28-14-6-3-12(4-7-14)18-10-27-16(11-30-18)19(24-26-27)20-23-21(31-25-20)15-8-5-13(22)9-17(15)29-2/h3-9,18H,10-11H2,1-2H3/t18-/m1/s1. The zero-order valence-corrected chi connectivity index (χ0v) is 17.5. The minimum absolute atomic E-state index is 0.132. The maximum absolute atomic E-state index is 6.06. The summed E-state index contributed by atoms with van der Waals surface area (Å²) in [6.45, 7) is 0.859. The summed E-state index contributed by atoms with van der Waals surface area (Å²) in [5.74, 6) is 1.98. The quantitative estimate of drug-likeness (QED) is 0.461. The minimum atomic E-state index is -0.132. The summed E-state index contributed by atoms with van der Waals surface area (Å²) in [7, 11) is 3.19. The average Bonchev–Trinajstić information content (AvgIpc) is 3.45. The highest BCUT2D eigenvalue weighted by atomic mass is 35.5. The van der Waals surface area contributed by atoms with E-state index in [4.69, 9.17) is 30.3 Å². The van der Waals surface area contributed by atoms with E-state index in [0.29, 0.717) is 46.9 Å². The molecule has 31 heavy (non-hydrogen) atoms. The minimum Gasteiger partial charge on any atom is -0.497 e. The van der Waals surface area contributed by atoms with Crippen molar-refractivity contribution in [1.82, 2.24) is 25.1 Å². The molecule has 0 saturated carbocycles. The molecule has 2 aromatic carbocycles. The van der Waals surface area contributed by atoms with Gasteiger partial charge in [0.2, 0.25) is 5.82 Å². The Morgan fingerprint density at radius 3 is 2.71 bits per heavy atom. The number of hydrogen-bond acceptors (Lipinski definition) is 8. The second kappa shape index (κ2) is 8.01. The Kier molecular flexibility index (Phi) is 5.05. The number of rotatable bonds is 5. The van der Waals surface area contributed by atoms with Gasteiger partial charge < -0.3 is 18.7 Å². The van der Waals surface area contributed by atoms with Crippen LogP contribution in [0, 0.1) is 0 Å². The first-order valence-corrected chi connectivity index (χ1v) is 9.90. The Labute approximate surface area is 182 Å². The van der Waals surface area contributed by atoms with Crippen LogP contribution in [0.15, 0.2) is 47.0 Å². The predicted octanol–water partition coefficient (Wildman–Crippen LogP) is 3.94. The van der Waals surface area contributed by atoms with Crippen LogP contribution >= 0.6 is 11.6 Å². The third kappa shape index (κ3) is 3.62. The highest BCUT2D eigenvalue weighted by Gasteiger charge is 2.28. The number of methoxy groups -OCH3 is 2. The van der Waals surface area contributed by atoms with Crippen molar-refractivity contribution >= 4 is 11.6 Å². The van der Waals surface area contributed by atoms with Gasteiger partial charge in [0.15, 0.2) is 5.69 Å². The van der Waals surface area contributed by atoms with Gasteiger partial charge in [-0.25, -0.2) is 4.68 Å². The first-order chi connectivity index (χ1) is 15.2. The maximum Gasteiger partial charge on any atom is 0.262 e. The third-order valence-corrected chi connectivity index (χ3v) is 5.35. The number of nitrogens with zero attached hydrogens (tertiary/aromatic N) is 5. The molecule has 0 amide bonds. The summed E-state index contributed by atoms with van der Waals surface area (Å²) in [6, 6.07) is 13.0. The fraction of sp³-hybridized carbons (Fsp3) is 0.238. The topological polar surface area (TPSA) is 97.3 Å². The van der Waals surface area contributed by atoms with Gasteiger partial charge in [-0.05, 0) is 35.9 Å². The fourth-order valence-electron chi connectivity index (χ4n) is 3.48. The van der Waals surface area contributed by atoms with E-state index < -0.39 is 0 Å². The van der Waals surface area contributed by atoms with E-state index >= 15 is 0 Å². The third-order valence-electron chi connectivity index (χ3n) is 5.12. The lowest BCUT2D eigenvalue weighted by Crippen LogP contribution is -2.22. The highest BCUT2D eigenvalue weighted by Crippen LogP contribution is 2.34. The molecular weight excluding hydrogens is 422 g/mol. The zero-order valence-electron chi connectivity index (χ0n) is 16.8. The van der Waals surface area contributed by atoms with E-state index in [1.807, 2.05) is 28.9 Å². The fourth-order valence-corrected chi connectivity index (χ4v) is 3.64. The van der Waals surface area contributed by atoms with Gasteiger partial charge in [0.05, 0.1) is 38.6 Å². The van der Waals surface area contributed by atoms with E-state index in [0.717, 1.165) is 17.0 Å². The van der Waals surface area contributed by atoms with Crippen LogP contribution in [0.25, 0.3) is 23.0 Å². The summed E-state index contributed by atoms with van der Waals surface area (Å²) >= 11 is 6.03. The molecule has 0 spiro atoms. The summed E-state index contributed by atoms with van der Waals surface area (Å²) in [5, 5.41) is 13.2. The van der Waals surface area contributed by atoms with E-state index in [1.165, 1.54) is 0 Å². The Morgan fingerprint density at radius 1 is 1.10 bits per heavy atom. The molecule has 0 fully saturated rings. The van der Waals surface area contributed by atoms with Crippen LogP contribution in [0.1, 0.15) is 17.4 Å². The van der Waals surface area contributed by atoms with Crippen LogP contribution in [-0.2, 0) is 17.9 Å². The molecule has 0 radical (unpaired) electrons. The van der Waals surface area contributed by atoms with Crippen molar-refractivity contribution in [3.05, 3.63) is 58.7 Å². The van der Waals surface area contributed by atoms with Gasteiger partial charge in [-0.2, -0.15) is 4.98 Å². The molecule has 1 atom stereocenters. The number of aromatic nitrogens is 5. The molecule has 5 rings (SSSR count). The largest absolute Gasteiger partial charge is 0.497 e. The molecule has 158 valence electrons. The monoisotopic (exact) mass is 439 g/mol. The predicted molar refractivity (Wildman–Crippen MR) is 111 cm³/mol. The molecule has 0 aliphatic carbocycles. The maximum atomic E-state index is 6.06. The van der Waals surface area contributed by atoms with Crippen molar-refractivity contribution in [2.75, 3.05) is 14.2 Å². The summed E-state index contributed by atoms with van der Waals surface area (Å²) in [6.07, 6.45) is -0.132. The van der Waals surface area contributed by atoms with Crippen LogP contribution in [0.2, 0.25) is 5.02 Å². The van der Waals surface area contributed by atoms with Gasteiger partial charge in [0, 0.05) is 5.02 Å². The lowest BCUT2D eigenvalue weighted by Gasteiger charge is -2.24. The zero-order chi connectivity index (χ0) is 21.4. The van der Waals surface area contributed by atoms with Crippen molar-refractivity contribution in [3.63, 3.8) is 0 Å². The highest BCUT2D eigenvalue weighted by molar-refractivity contribution is 6.30. The Bertz CT molecular complexity index is 1220. The van der Waals surface area contributed by atoms with Crippen LogP contribution in [0.4, 0.5) is 0 Å². The Hall–Kier alpha value is -3.43. The summed E-state index contributed by atoms with van der Waals surface area (Å²) in [4.78, 5) is 4.48. The van der Waals surface area contributed by atoms with Gasteiger partial charge in [0.25, 0.3) is 5.89 Å². The van der Waals surface area contributed by atoms with E-state index in [9.17, 15) is 0 Å². The molecule has 4 aromatic rings. The second-order valence-corrected chi connectivity index (χ2v) is 7.34. The first-order valence-electron chi connectivity index (χ1n) is 9.52. The van der Waals surface area contributed by atoms with Gasteiger partial charge in [0.1, 0.15) is 17.6 Å². The molecule has 0 saturated heterocycles. The smallest absolute Gasteiger partial charge is 0.262 e. The van der Waals surface area contributed by atoms with Crippen molar-refractivity contribution in [2.24, 2.45) is 0 Å². The molecule has 1 aliphatic heterocycles. The normalized spacial score (nSPS) is 15.5. The number of ether oxygens (including phenoxy) is 3. The lowest BCUT2D eigenvalue weighted by molar-refractivity contribution is -0.00114. The Morgan fingerprint density at radius 2 is 1.94 bits per heavy atom. The van der Waals surface area contributed by atoms with E-state index in [1.54, 1.807) is 32.4 Å². The molecule has 0 bridgehead atoms. The second-order valence-electron chi connectivity index (χ2n) is 6.91. The SMILES string of the molecule is COc1ccc([C@H]2Cn3nnc(-c4noc(-c5ccc(Cl)cc5OC)n4)c3CO2)cc1. The molecular formula is C21H18ClN5O4. The molecule has 3 heterocycles. The van der Waals surface area contributed by atoms with E-state index in [-0.39, 0.29) is 6.10 Å². The van der Waals surface area contributed by atoms with Crippen LogP contribution in [-0.4, -0.2) is 39.4 Å². The van der Waals surface area contributed by atoms with Crippen LogP contribution < -0.4 is 9.47 Å². The molecule has 10 heteroatoms. The lowest BCUT2D eigenvalue weighted by atomic mass is 10.1. The first kappa shape index (κ1) is 19.5. The van der Waals surface area contributed by atoms with E-state index in [2.05, 4.69) is 20.5 Å². The van der Waals surface area contributed by atoms with Crippen LogP contribution in [0.3, 0.4) is 0 Å². The molecule has 2 aromatic heterocycles. The van der Waals surface area contributed by atoms with Crippen LogP contribution in [0.5, 0.6) is 11.5 Å². The Balaban J connectivity index is 1.40. The van der Waals surface area contributed by atoms with Crippen molar-refractivity contribution in [3.8, 4) is 34.5 Å². The number of benzene rings is 2. The number of fused-ring (bicyclic) bond motifs is 1. The molecule has 0 unspecified atom stereocenters. The number of hydrogen-bond donors (Lipinski definition) is 0. The van der Waals surface area contributed by atoms with Gasteiger partial charge in [-0.3, -0.25) is 0 Å². The van der Waals surface area contributed by atoms with Gasteiger partial charge >= 0.3 is 0 Å². The van der Waals surface area contributed by atoms with Crippen molar-refractivity contribution < 1.29 is 18.7 Å². The average molecular weight is 440 g/mol. The van der Waals surface area contributed by atoms with Gasteiger partial charge in [-0.15, -0.1) is 5.10 Å². The number of halogens is 1. The van der Waals surface area contributed by atoms with Crippen molar-refractivity contribution in [2.45, 2.75) is 19.3 Å². The van der Waals surface area contributed by atoms with Crippen molar-refractivity contribution in [1.29, 1.82) is 0 Å². The van der Waals surface area contributed by atoms with Gasteiger partial charge in [-0.1, -0.05) is 34.1 Å². The summed E-state index contributed by atoms with van der Waals surface area (Å²) in [5.41, 5.74) is 3.00. The molecule has 9 nitrogen and oxygen atoms in total. The molecule has 1 aliphatic rings. The molecule has 0 N–H and O–H groups in total. The summed E-state index contributed by atoms with van der Waals surface area (Å²) < 4.78 is 23.9.